The van der Waals surface area contributed by atoms with Crippen molar-refractivity contribution in [1.82, 2.24) is 15.5 Å². The number of benzene rings is 4. The van der Waals surface area contributed by atoms with E-state index in [9.17, 15) is 19.5 Å². The summed E-state index contributed by atoms with van der Waals surface area (Å²) >= 11 is 0. The molecule has 4 aromatic carbocycles. The van der Waals surface area contributed by atoms with E-state index in [0.29, 0.717) is 19.6 Å². The third-order valence-electron chi connectivity index (χ3n) is 10.8. The van der Waals surface area contributed by atoms with E-state index in [0.717, 1.165) is 65.0 Å². The van der Waals surface area contributed by atoms with Crippen molar-refractivity contribution in [2.75, 3.05) is 31.2 Å². The summed E-state index contributed by atoms with van der Waals surface area (Å²) in [5, 5.41) is 15.6. The number of nitrogens with one attached hydrogen (secondary N) is 2. The fourth-order valence-electron chi connectivity index (χ4n) is 7.86. The SMILES string of the molecule is CC(=O)O[C@@H](C)C(=O)NCc1ccccc1-c1ccc([C@@H]2O[C@H](CN3CCC4(CC3)C(=O)NCN4c3ccccc3)C[C@H](c3ccc(CO)cc3)O2)cc1. The van der Waals surface area contributed by atoms with Crippen molar-refractivity contribution in [1.29, 1.82) is 0 Å². The first-order valence-corrected chi connectivity index (χ1v) is 18.7. The van der Waals surface area contributed by atoms with Gasteiger partial charge in [0.05, 0.1) is 25.5 Å². The van der Waals surface area contributed by atoms with Crippen LogP contribution in [0.3, 0.4) is 0 Å². The van der Waals surface area contributed by atoms with Crippen molar-refractivity contribution in [3.05, 3.63) is 125 Å². The molecule has 4 atom stereocenters. The van der Waals surface area contributed by atoms with Crippen molar-refractivity contribution in [2.24, 2.45) is 0 Å². The van der Waals surface area contributed by atoms with Crippen molar-refractivity contribution in [3.8, 4) is 11.1 Å². The normalized spacial score (nSPS) is 21.7. The molecule has 7 rings (SSSR count). The van der Waals surface area contributed by atoms with Gasteiger partial charge >= 0.3 is 5.97 Å². The molecule has 1 spiro atoms. The van der Waals surface area contributed by atoms with E-state index in [1.807, 2.05) is 91.0 Å². The summed E-state index contributed by atoms with van der Waals surface area (Å²) in [6.45, 7) is 5.86. The minimum Gasteiger partial charge on any atom is -0.453 e. The lowest BCUT2D eigenvalue weighted by atomic mass is 9.85. The van der Waals surface area contributed by atoms with Crippen LogP contribution >= 0.6 is 0 Å². The predicted octanol–water partition coefficient (Wildman–Crippen LogP) is 5.39. The molecule has 0 saturated carbocycles. The monoisotopic (exact) mass is 732 g/mol. The fourth-order valence-corrected chi connectivity index (χ4v) is 7.86. The lowest BCUT2D eigenvalue weighted by Gasteiger charge is -2.45. The summed E-state index contributed by atoms with van der Waals surface area (Å²) < 4.78 is 18.4. The number of para-hydroxylation sites is 1. The van der Waals surface area contributed by atoms with Crippen LogP contribution in [-0.4, -0.2) is 71.8 Å². The summed E-state index contributed by atoms with van der Waals surface area (Å²) in [6.07, 6.45) is 0.291. The van der Waals surface area contributed by atoms with E-state index in [4.69, 9.17) is 14.2 Å². The van der Waals surface area contributed by atoms with Crippen LogP contribution in [0.25, 0.3) is 11.1 Å². The number of likely N-dealkylation sites (tertiary alicyclic amines) is 1. The van der Waals surface area contributed by atoms with Gasteiger partial charge in [0.15, 0.2) is 12.4 Å². The number of ether oxygens (including phenoxy) is 3. The van der Waals surface area contributed by atoms with Crippen LogP contribution in [0, 0.1) is 0 Å². The third-order valence-corrected chi connectivity index (χ3v) is 10.8. The second-order valence-electron chi connectivity index (χ2n) is 14.4. The highest BCUT2D eigenvalue weighted by molar-refractivity contribution is 5.93. The number of aliphatic hydroxyl groups is 1. The number of piperidine rings is 1. The van der Waals surface area contributed by atoms with Crippen molar-refractivity contribution in [3.63, 3.8) is 0 Å². The van der Waals surface area contributed by atoms with E-state index in [1.54, 1.807) is 6.92 Å². The number of carbonyl (C=O) groups is 3. The molecule has 0 bridgehead atoms. The van der Waals surface area contributed by atoms with E-state index in [1.165, 1.54) is 6.92 Å². The van der Waals surface area contributed by atoms with Crippen molar-refractivity contribution < 1.29 is 33.7 Å². The van der Waals surface area contributed by atoms with Crippen LogP contribution in [0.15, 0.2) is 103 Å². The molecule has 3 N–H and O–H groups in total. The number of aliphatic hydroxyl groups excluding tert-OH is 1. The molecule has 0 radical (unpaired) electrons. The Labute approximate surface area is 316 Å². The zero-order chi connectivity index (χ0) is 37.7. The molecule has 3 aliphatic rings. The molecular weight excluding hydrogens is 684 g/mol. The van der Waals surface area contributed by atoms with Gasteiger partial charge in [-0.3, -0.25) is 14.4 Å². The van der Waals surface area contributed by atoms with E-state index in [-0.39, 0.29) is 37.2 Å². The quantitative estimate of drug-likeness (QED) is 0.174. The Morgan fingerprint density at radius 3 is 2.31 bits per heavy atom. The number of carbonyl (C=O) groups excluding carboxylic acids is 3. The summed E-state index contributed by atoms with van der Waals surface area (Å²) in [4.78, 5) is 41.7. The van der Waals surface area contributed by atoms with Gasteiger partial charge in [0.25, 0.3) is 5.91 Å². The van der Waals surface area contributed by atoms with Crippen LogP contribution in [0.1, 0.15) is 67.8 Å². The number of amides is 2. The Morgan fingerprint density at radius 1 is 0.926 bits per heavy atom. The smallest absolute Gasteiger partial charge is 0.303 e. The molecule has 3 aliphatic heterocycles. The average Bonchev–Trinajstić information content (AvgIpc) is 3.52. The Hall–Kier alpha value is -5.07. The summed E-state index contributed by atoms with van der Waals surface area (Å²) in [6, 6.07) is 34.0. The molecule has 3 heterocycles. The number of anilines is 1. The molecule has 54 heavy (non-hydrogen) atoms. The molecule has 11 heteroatoms. The molecular formula is C43H48N4O7. The Kier molecular flexibility index (Phi) is 11.4. The molecule has 2 amide bonds. The van der Waals surface area contributed by atoms with Gasteiger partial charge in [-0.25, -0.2) is 0 Å². The first-order chi connectivity index (χ1) is 26.2. The zero-order valence-electron chi connectivity index (χ0n) is 30.8. The predicted molar refractivity (Wildman–Crippen MR) is 204 cm³/mol. The van der Waals surface area contributed by atoms with Gasteiger partial charge in [-0.2, -0.15) is 0 Å². The van der Waals surface area contributed by atoms with Crippen LogP contribution in [0.5, 0.6) is 0 Å². The molecule has 11 nitrogen and oxygen atoms in total. The minimum absolute atomic E-state index is 0.0222. The number of nitrogens with zero attached hydrogens (tertiary/aromatic N) is 2. The zero-order valence-corrected chi connectivity index (χ0v) is 30.8. The fraction of sp³-hybridized carbons (Fsp3) is 0.372. The molecule has 3 fully saturated rings. The largest absolute Gasteiger partial charge is 0.453 e. The topological polar surface area (TPSA) is 130 Å². The molecule has 4 aromatic rings. The van der Waals surface area contributed by atoms with E-state index < -0.39 is 23.9 Å². The number of esters is 1. The maximum absolute atomic E-state index is 13.3. The van der Waals surface area contributed by atoms with Gasteiger partial charge in [0.2, 0.25) is 5.91 Å². The van der Waals surface area contributed by atoms with Crippen LogP contribution in [-0.2, 0) is 41.7 Å². The molecule has 282 valence electrons. The average molecular weight is 733 g/mol. The molecule has 0 unspecified atom stereocenters. The summed E-state index contributed by atoms with van der Waals surface area (Å²) in [5.74, 6) is -0.764. The van der Waals surface area contributed by atoms with Crippen molar-refractivity contribution >= 4 is 23.5 Å². The van der Waals surface area contributed by atoms with Crippen LogP contribution < -0.4 is 15.5 Å². The second-order valence-corrected chi connectivity index (χ2v) is 14.4. The highest BCUT2D eigenvalue weighted by Gasteiger charge is 2.50. The number of rotatable bonds is 11. The number of hydrogen-bond acceptors (Lipinski definition) is 9. The van der Waals surface area contributed by atoms with Gasteiger partial charge in [-0.15, -0.1) is 0 Å². The van der Waals surface area contributed by atoms with Crippen LogP contribution in [0.2, 0.25) is 0 Å². The molecule has 0 aromatic heterocycles. The maximum atomic E-state index is 13.3. The first-order valence-electron chi connectivity index (χ1n) is 18.7. The Bertz CT molecular complexity index is 1910. The Morgan fingerprint density at radius 2 is 1.61 bits per heavy atom. The van der Waals surface area contributed by atoms with E-state index >= 15 is 0 Å². The maximum Gasteiger partial charge on any atom is 0.303 e. The lowest BCUT2D eigenvalue weighted by Crippen LogP contribution is -2.57. The van der Waals surface area contributed by atoms with Gasteiger partial charge in [-0.05, 0) is 59.7 Å². The highest BCUT2D eigenvalue weighted by atomic mass is 16.7. The summed E-state index contributed by atoms with van der Waals surface area (Å²) in [5.41, 5.74) is 6.14. The number of hydrogen-bond donors (Lipinski definition) is 3. The molecule has 0 aliphatic carbocycles. The van der Waals surface area contributed by atoms with Gasteiger partial charge in [0, 0.05) is 50.8 Å². The van der Waals surface area contributed by atoms with Gasteiger partial charge in [-0.1, -0.05) is 91.0 Å². The second kappa shape index (κ2) is 16.5. The molecule has 3 saturated heterocycles. The Balaban J connectivity index is 1.05. The summed E-state index contributed by atoms with van der Waals surface area (Å²) in [7, 11) is 0. The highest BCUT2D eigenvalue weighted by Crippen LogP contribution is 2.40. The van der Waals surface area contributed by atoms with Gasteiger partial charge < -0.3 is 39.8 Å². The lowest BCUT2D eigenvalue weighted by molar-refractivity contribution is -0.253. The van der Waals surface area contributed by atoms with Gasteiger partial charge in [0.1, 0.15) is 5.54 Å². The first kappa shape index (κ1) is 37.3. The standard InChI is InChI=1S/C43H48N4O7/c1-29(52-30(2)49)40(50)44-25-35-8-6-7-11-38(35)32-16-18-34(19-17-32)41-53-37(24-39(54-41)33-14-12-31(27-48)13-15-33)26-46-22-20-43(21-23-46)42(51)45-28-47(43)36-9-4-3-5-10-36/h3-19,29,37,39,41,48H,20-28H2,1-2H3,(H,44,50)(H,45,51)/t29-,37-,39+,41+/m0/s1. The minimum atomic E-state index is -0.880. The van der Waals surface area contributed by atoms with Crippen molar-refractivity contribution in [2.45, 2.75) is 76.4 Å². The third kappa shape index (κ3) is 8.19. The van der Waals surface area contributed by atoms with Crippen LogP contribution in [0.4, 0.5) is 5.69 Å². The van der Waals surface area contributed by atoms with E-state index in [2.05, 4.69) is 32.6 Å².